The van der Waals surface area contributed by atoms with Gasteiger partial charge in [0.15, 0.2) is 0 Å². The van der Waals surface area contributed by atoms with Crippen molar-refractivity contribution in [2.75, 3.05) is 0 Å². The summed E-state index contributed by atoms with van der Waals surface area (Å²) in [5.74, 6) is 1.78. The Balaban J connectivity index is 1.58. The van der Waals surface area contributed by atoms with Crippen LogP contribution in [0.2, 0.25) is 0 Å². The predicted molar refractivity (Wildman–Crippen MR) is 113 cm³/mol. The van der Waals surface area contributed by atoms with E-state index in [1.165, 1.54) is 17.5 Å². The molecule has 0 N–H and O–H groups in total. The van der Waals surface area contributed by atoms with Crippen LogP contribution in [0.1, 0.15) is 42.1 Å². The minimum Gasteiger partial charge on any atom is -0.256 e. The molecule has 0 bridgehead atoms. The molecular weight excluding hydrogens is 348 g/mol. The first-order valence-corrected chi connectivity index (χ1v) is 10.3. The van der Waals surface area contributed by atoms with Gasteiger partial charge in [-0.2, -0.15) is 16.6 Å². The van der Waals surface area contributed by atoms with E-state index in [0.29, 0.717) is 23.3 Å². The minimum atomic E-state index is 0.454. The van der Waals surface area contributed by atoms with Crippen LogP contribution in [0.5, 0.6) is 0 Å². The van der Waals surface area contributed by atoms with Crippen LogP contribution in [0.3, 0.4) is 0 Å². The van der Waals surface area contributed by atoms with Crippen molar-refractivity contribution in [3.8, 4) is 17.2 Å². The van der Waals surface area contributed by atoms with Crippen LogP contribution in [0.25, 0.3) is 17.2 Å². The Bertz CT molecular complexity index is 1010. The molecule has 134 valence electrons. The van der Waals surface area contributed by atoms with Gasteiger partial charge in [0.05, 0.1) is 17.3 Å². The van der Waals surface area contributed by atoms with E-state index in [1.54, 1.807) is 0 Å². The zero-order chi connectivity index (χ0) is 18.8. The van der Waals surface area contributed by atoms with E-state index < -0.39 is 0 Å². The second-order valence-corrected chi connectivity index (χ2v) is 8.15. The summed E-state index contributed by atoms with van der Waals surface area (Å²) >= 11 is 1.81. The number of fused-ring (bicyclic) bond motifs is 1. The molecule has 3 atom stereocenters. The van der Waals surface area contributed by atoms with Crippen molar-refractivity contribution >= 4 is 17.4 Å². The lowest BCUT2D eigenvalue weighted by molar-refractivity contribution is 0.333. The van der Waals surface area contributed by atoms with E-state index in [9.17, 15) is 5.26 Å². The monoisotopic (exact) mass is 370 g/mol. The number of nitrogens with zero attached hydrogens (tertiary/aromatic N) is 2. The molecule has 1 aliphatic carbocycles. The average Bonchev–Trinajstić information content (AvgIpc) is 3.16. The van der Waals surface area contributed by atoms with Gasteiger partial charge < -0.3 is 0 Å². The molecule has 2 aromatic heterocycles. The highest BCUT2D eigenvalue weighted by molar-refractivity contribution is 7.08. The van der Waals surface area contributed by atoms with Gasteiger partial charge in [0.2, 0.25) is 0 Å². The predicted octanol–water partition coefficient (Wildman–Crippen LogP) is 6.31. The maximum absolute atomic E-state index is 9.29. The molecule has 0 saturated carbocycles. The van der Waals surface area contributed by atoms with Crippen molar-refractivity contribution < 1.29 is 0 Å². The Hall–Kier alpha value is -2.70. The first-order chi connectivity index (χ1) is 13.2. The topological polar surface area (TPSA) is 36.7 Å². The quantitative estimate of drug-likeness (QED) is 0.542. The van der Waals surface area contributed by atoms with Crippen LogP contribution in [0.4, 0.5) is 0 Å². The molecule has 3 aromatic rings. The smallest absolute Gasteiger partial charge is 0.0998 e. The Morgan fingerprint density at radius 3 is 2.78 bits per heavy atom. The highest BCUT2D eigenvalue weighted by Gasteiger charge is 2.30. The molecule has 0 radical (unpaired) electrons. The van der Waals surface area contributed by atoms with Gasteiger partial charge in [-0.1, -0.05) is 44.2 Å². The molecule has 27 heavy (non-hydrogen) atoms. The third-order valence-electron chi connectivity index (χ3n) is 5.76. The van der Waals surface area contributed by atoms with Crippen LogP contribution in [-0.2, 0) is 6.42 Å². The molecule has 0 saturated heterocycles. The van der Waals surface area contributed by atoms with Gasteiger partial charge in [0, 0.05) is 23.2 Å². The Labute approximate surface area is 164 Å². The maximum Gasteiger partial charge on any atom is 0.0998 e. The Morgan fingerprint density at radius 2 is 2.00 bits per heavy atom. The van der Waals surface area contributed by atoms with Crippen molar-refractivity contribution in [1.29, 1.82) is 5.26 Å². The normalized spacial score (nSPS) is 21.7. The molecule has 2 heterocycles. The highest BCUT2D eigenvalue weighted by Crippen LogP contribution is 2.42. The van der Waals surface area contributed by atoms with E-state index in [-0.39, 0.29) is 0 Å². The lowest BCUT2D eigenvalue weighted by Crippen LogP contribution is -2.23. The summed E-state index contributed by atoms with van der Waals surface area (Å²) in [7, 11) is 0. The minimum absolute atomic E-state index is 0.454. The number of aromatic nitrogens is 1. The fourth-order valence-corrected chi connectivity index (χ4v) is 4.86. The highest BCUT2D eigenvalue weighted by atomic mass is 32.1. The van der Waals surface area contributed by atoms with Gasteiger partial charge in [-0.3, -0.25) is 4.98 Å². The molecule has 4 rings (SSSR count). The number of hydrogen-bond donors (Lipinski definition) is 0. The molecule has 1 aliphatic rings. The number of benzene rings is 1. The second-order valence-electron chi connectivity index (χ2n) is 7.41. The van der Waals surface area contributed by atoms with Crippen LogP contribution < -0.4 is 0 Å². The van der Waals surface area contributed by atoms with E-state index in [4.69, 9.17) is 0 Å². The molecule has 2 nitrogen and oxygen atoms in total. The van der Waals surface area contributed by atoms with Crippen LogP contribution >= 0.6 is 11.3 Å². The number of hydrogen-bond acceptors (Lipinski definition) is 3. The number of rotatable bonds is 3. The first-order valence-electron chi connectivity index (χ1n) is 9.36. The summed E-state index contributed by atoms with van der Waals surface area (Å²) in [6.45, 7) is 4.71. The molecule has 0 fully saturated rings. The second kappa shape index (κ2) is 7.50. The standard InChI is InChI=1S/C24H22N2S/c1-16-11-20-14-27-15-24(20)22(17(16)2)10-9-21-8-7-19(13-26-21)23-6-4-3-5-18(23)12-25/h3-10,13-17,22H,11H2,1-2H3. The van der Waals surface area contributed by atoms with Gasteiger partial charge in [-0.25, -0.2) is 0 Å². The van der Waals surface area contributed by atoms with E-state index in [1.807, 2.05) is 53.9 Å². The largest absolute Gasteiger partial charge is 0.256 e. The molecule has 3 heteroatoms. The summed E-state index contributed by atoms with van der Waals surface area (Å²) in [4.78, 5) is 4.61. The zero-order valence-electron chi connectivity index (χ0n) is 15.6. The summed E-state index contributed by atoms with van der Waals surface area (Å²) < 4.78 is 0. The molecule has 0 amide bonds. The van der Waals surface area contributed by atoms with Crippen molar-refractivity contribution in [3.63, 3.8) is 0 Å². The zero-order valence-corrected chi connectivity index (χ0v) is 16.4. The molecule has 0 spiro atoms. The van der Waals surface area contributed by atoms with Crippen LogP contribution in [0.15, 0.2) is 59.4 Å². The SMILES string of the molecule is CC1Cc2cscc2C(C=Cc2ccc(-c3ccccc3C#N)cn2)C1C. The van der Waals surface area contributed by atoms with Gasteiger partial charge in [-0.05, 0) is 58.4 Å². The van der Waals surface area contributed by atoms with Crippen LogP contribution in [-0.4, -0.2) is 4.98 Å². The summed E-state index contributed by atoms with van der Waals surface area (Å²) in [6.07, 6.45) is 7.51. The van der Waals surface area contributed by atoms with E-state index >= 15 is 0 Å². The summed E-state index contributed by atoms with van der Waals surface area (Å²) in [6, 6.07) is 14.0. The molecular formula is C24H22N2S. The Morgan fingerprint density at radius 1 is 1.15 bits per heavy atom. The van der Waals surface area contributed by atoms with Gasteiger partial charge in [-0.15, -0.1) is 0 Å². The third kappa shape index (κ3) is 3.46. The van der Waals surface area contributed by atoms with Crippen molar-refractivity contribution in [1.82, 2.24) is 4.98 Å². The average molecular weight is 371 g/mol. The molecule has 3 unspecified atom stereocenters. The van der Waals surface area contributed by atoms with Crippen molar-refractivity contribution in [2.24, 2.45) is 11.8 Å². The van der Waals surface area contributed by atoms with Gasteiger partial charge in [0.25, 0.3) is 0 Å². The fourth-order valence-electron chi connectivity index (χ4n) is 3.94. The molecule has 0 aliphatic heterocycles. The van der Waals surface area contributed by atoms with Crippen LogP contribution in [0, 0.1) is 23.2 Å². The lowest BCUT2D eigenvalue weighted by atomic mass is 9.72. The van der Waals surface area contributed by atoms with Gasteiger partial charge in [0.1, 0.15) is 0 Å². The maximum atomic E-state index is 9.29. The summed E-state index contributed by atoms with van der Waals surface area (Å²) in [5.41, 5.74) is 6.54. The number of pyridine rings is 1. The Kier molecular flexibility index (Phi) is 4.92. The number of thiophene rings is 1. The number of nitriles is 1. The van der Waals surface area contributed by atoms with E-state index in [0.717, 1.165) is 16.8 Å². The first kappa shape index (κ1) is 17.7. The van der Waals surface area contributed by atoms with Crippen molar-refractivity contribution in [3.05, 3.63) is 81.8 Å². The van der Waals surface area contributed by atoms with E-state index in [2.05, 4.69) is 47.8 Å². The fraction of sp³-hybridized carbons (Fsp3) is 0.250. The van der Waals surface area contributed by atoms with Gasteiger partial charge >= 0.3 is 0 Å². The number of allylic oxidation sites excluding steroid dienone is 1. The summed E-state index contributed by atoms with van der Waals surface area (Å²) in [5, 5.41) is 13.9. The molecule has 1 aromatic carbocycles. The van der Waals surface area contributed by atoms with Crippen molar-refractivity contribution in [2.45, 2.75) is 26.2 Å². The lowest BCUT2D eigenvalue weighted by Gasteiger charge is -2.32. The third-order valence-corrected chi connectivity index (χ3v) is 6.57.